The first-order valence-electron chi connectivity index (χ1n) is 4.74. The zero-order valence-corrected chi connectivity index (χ0v) is 8.23. The average molecular weight is 186 g/mol. The van der Waals surface area contributed by atoms with Crippen LogP contribution in [0.3, 0.4) is 0 Å². The van der Waals surface area contributed by atoms with Gasteiger partial charge in [0.1, 0.15) is 0 Å². The van der Waals surface area contributed by atoms with E-state index in [1.54, 1.807) is 6.92 Å². The third-order valence-electron chi connectivity index (χ3n) is 2.95. The zero-order valence-electron chi connectivity index (χ0n) is 8.23. The van der Waals surface area contributed by atoms with E-state index in [2.05, 4.69) is 4.90 Å². The van der Waals surface area contributed by atoms with Crippen molar-refractivity contribution in [3.63, 3.8) is 0 Å². The van der Waals surface area contributed by atoms with Gasteiger partial charge < -0.3 is 10.8 Å². The van der Waals surface area contributed by atoms with Gasteiger partial charge in [-0.15, -0.1) is 0 Å². The number of nitrogens with two attached hydrogens (primary N) is 1. The minimum Gasteiger partial charge on any atom is -0.481 e. The molecule has 0 aromatic heterocycles. The smallest absolute Gasteiger partial charge is 0.307 e. The highest BCUT2D eigenvalue weighted by Crippen LogP contribution is 2.16. The summed E-state index contributed by atoms with van der Waals surface area (Å²) < 4.78 is 0. The molecule has 0 aromatic rings. The molecule has 1 rings (SSSR count). The number of carboxylic acid groups (broad SMARTS) is 1. The van der Waals surface area contributed by atoms with E-state index in [4.69, 9.17) is 10.8 Å². The van der Waals surface area contributed by atoms with E-state index in [0.29, 0.717) is 0 Å². The molecule has 1 saturated heterocycles. The Morgan fingerprint density at radius 3 is 2.62 bits per heavy atom. The van der Waals surface area contributed by atoms with Gasteiger partial charge in [0.05, 0.1) is 5.92 Å². The molecule has 4 nitrogen and oxygen atoms in total. The van der Waals surface area contributed by atoms with Crippen LogP contribution in [0, 0.1) is 5.92 Å². The Kier molecular flexibility index (Phi) is 3.27. The number of hydrogen-bond donors (Lipinski definition) is 2. The second-order valence-corrected chi connectivity index (χ2v) is 3.91. The molecule has 13 heavy (non-hydrogen) atoms. The van der Waals surface area contributed by atoms with Crippen molar-refractivity contribution in [2.75, 3.05) is 13.1 Å². The van der Waals surface area contributed by atoms with Crippen LogP contribution in [0.4, 0.5) is 0 Å². The molecule has 0 aliphatic carbocycles. The van der Waals surface area contributed by atoms with E-state index >= 15 is 0 Å². The summed E-state index contributed by atoms with van der Waals surface area (Å²) in [6.07, 6.45) is 0.983. The summed E-state index contributed by atoms with van der Waals surface area (Å²) in [4.78, 5) is 12.9. The summed E-state index contributed by atoms with van der Waals surface area (Å²) in [5.74, 6) is -1.04. The fourth-order valence-corrected chi connectivity index (χ4v) is 1.71. The van der Waals surface area contributed by atoms with Crippen LogP contribution in [0.5, 0.6) is 0 Å². The van der Waals surface area contributed by atoms with Crippen molar-refractivity contribution in [3.05, 3.63) is 0 Å². The quantitative estimate of drug-likeness (QED) is 0.657. The molecule has 3 N–H and O–H groups in total. The molecule has 1 heterocycles. The maximum Gasteiger partial charge on any atom is 0.307 e. The second-order valence-electron chi connectivity index (χ2n) is 3.91. The minimum atomic E-state index is -0.729. The van der Waals surface area contributed by atoms with Gasteiger partial charge in [0.2, 0.25) is 0 Å². The molecule has 0 aromatic carbocycles. The largest absolute Gasteiger partial charge is 0.481 e. The molecular weight excluding hydrogens is 168 g/mol. The van der Waals surface area contributed by atoms with Crippen molar-refractivity contribution in [3.8, 4) is 0 Å². The first-order chi connectivity index (χ1) is 6.02. The van der Waals surface area contributed by atoms with Crippen LogP contribution in [0.15, 0.2) is 0 Å². The molecular formula is C9H18N2O2. The lowest BCUT2D eigenvalue weighted by Crippen LogP contribution is -2.40. The monoisotopic (exact) mass is 186 g/mol. The lowest BCUT2D eigenvalue weighted by Gasteiger charge is -2.26. The van der Waals surface area contributed by atoms with Gasteiger partial charge in [0, 0.05) is 25.2 Å². The van der Waals surface area contributed by atoms with Gasteiger partial charge in [0.15, 0.2) is 0 Å². The molecule has 0 bridgehead atoms. The highest BCUT2D eigenvalue weighted by Gasteiger charge is 2.29. The van der Waals surface area contributed by atoms with Gasteiger partial charge >= 0.3 is 5.97 Å². The van der Waals surface area contributed by atoms with Crippen molar-refractivity contribution in [1.29, 1.82) is 0 Å². The molecule has 1 aliphatic heterocycles. The Bertz CT molecular complexity index is 196. The number of carbonyl (C=O) groups is 1. The molecule has 0 radical (unpaired) electrons. The predicted octanol–water partition coefficient (Wildman–Crippen LogP) is 0.129. The van der Waals surface area contributed by atoms with Crippen LogP contribution in [0.1, 0.15) is 20.3 Å². The second kappa shape index (κ2) is 4.07. The maximum absolute atomic E-state index is 10.7. The Balaban J connectivity index is 2.47. The van der Waals surface area contributed by atoms with Gasteiger partial charge in [-0.1, -0.05) is 6.92 Å². The zero-order chi connectivity index (χ0) is 10.0. The average Bonchev–Trinajstić information content (AvgIpc) is 2.49. The molecule has 0 spiro atoms. The SMILES string of the molecule is CC(C(=O)O)C(C)N1CC[C@H](N)C1. The number of rotatable bonds is 3. The highest BCUT2D eigenvalue weighted by atomic mass is 16.4. The first kappa shape index (κ1) is 10.5. The lowest BCUT2D eigenvalue weighted by molar-refractivity contribution is -0.143. The topological polar surface area (TPSA) is 66.6 Å². The number of aliphatic carboxylic acids is 1. The number of carboxylic acids is 1. The Labute approximate surface area is 78.7 Å². The van der Waals surface area contributed by atoms with Gasteiger partial charge in [-0.2, -0.15) is 0 Å². The standard InChI is InChI=1S/C9H18N2O2/c1-6(9(12)13)7(2)11-4-3-8(10)5-11/h6-8H,3-5,10H2,1-2H3,(H,12,13)/t6?,7?,8-/m0/s1. The van der Waals surface area contributed by atoms with Crippen LogP contribution in [0.25, 0.3) is 0 Å². The molecule has 3 atom stereocenters. The van der Waals surface area contributed by atoms with Gasteiger partial charge in [-0.25, -0.2) is 0 Å². The van der Waals surface area contributed by atoms with Gasteiger partial charge in [-0.3, -0.25) is 9.69 Å². The molecule has 0 saturated carbocycles. The van der Waals surface area contributed by atoms with Crippen molar-refractivity contribution < 1.29 is 9.90 Å². The van der Waals surface area contributed by atoms with E-state index < -0.39 is 5.97 Å². The Hall–Kier alpha value is -0.610. The summed E-state index contributed by atoms with van der Waals surface area (Å²) in [6.45, 7) is 5.46. The van der Waals surface area contributed by atoms with Crippen molar-refractivity contribution in [1.82, 2.24) is 4.90 Å². The summed E-state index contributed by atoms with van der Waals surface area (Å²) in [6, 6.07) is 0.314. The first-order valence-corrected chi connectivity index (χ1v) is 4.74. The number of nitrogens with zero attached hydrogens (tertiary/aromatic N) is 1. The van der Waals surface area contributed by atoms with E-state index in [1.807, 2.05) is 6.92 Å². The number of likely N-dealkylation sites (tertiary alicyclic amines) is 1. The molecule has 1 aliphatic rings. The van der Waals surface area contributed by atoms with Crippen molar-refractivity contribution in [2.45, 2.75) is 32.4 Å². The summed E-state index contributed by atoms with van der Waals surface area (Å²) >= 11 is 0. The highest BCUT2D eigenvalue weighted by molar-refractivity contribution is 5.70. The molecule has 4 heteroatoms. The molecule has 1 fully saturated rings. The molecule has 76 valence electrons. The Morgan fingerprint density at radius 1 is 1.62 bits per heavy atom. The van der Waals surface area contributed by atoms with E-state index in [1.165, 1.54) is 0 Å². The van der Waals surface area contributed by atoms with Crippen LogP contribution in [-0.2, 0) is 4.79 Å². The Morgan fingerprint density at radius 2 is 2.23 bits per heavy atom. The fraction of sp³-hybridized carbons (Fsp3) is 0.889. The van der Waals surface area contributed by atoms with Crippen LogP contribution in [0.2, 0.25) is 0 Å². The fourth-order valence-electron chi connectivity index (χ4n) is 1.71. The lowest BCUT2D eigenvalue weighted by atomic mass is 10.0. The molecule has 2 unspecified atom stereocenters. The minimum absolute atomic E-state index is 0.0889. The maximum atomic E-state index is 10.7. The summed E-state index contributed by atoms with van der Waals surface area (Å²) in [5.41, 5.74) is 5.75. The van der Waals surface area contributed by atoms with Crippen molar-refractivity contribution in [2.24, 2.45) is 11.7 Å². The summed E-state index contributed by atoms with van der Waals surface area (Å²) in [5, 5.41) is 8.82. The van der Waals surface area contributed by atoms with E-state index in [-0.39, 0.29) is 18.0 Å². The van der Waals surface area contributed by atoms with E-state index in [9.17, 15) is 4.79 Å². The van der Waals surface area contributed by atoms with Crippen molar-refractivity contribution >= 4 is 5.97 Å². The third-order valence-corrected chi connectivity index (χ3v) is 2.95. The van der Waals surface area contributed by atoms with Crippen LogP contribution >= 0.6 is 0 Å². The normalized spacial score (nSPS) is 28.7. The molecule has 0 amide bonds. The van der Waals surface area contributed by atoms with Crippen LogP contribution in [-0.4, -0.2) is 41.1 Å². The van der Waals surface area contributed by atoms with E-state index in [0.717, 1.165) is 19.5 Å². The predicted molar refractivity (Wildman–Crippen MR) is 50.4 cm³/mol. The number of hydrogen-bond acceptors (Lipinski definition) is 3. The van der Waals surface area contributed by atoms with Crippen LogP contribution < -0.4 is 5.73 Å². The third kappa shape index (κ3) is 2.42. The summed E-state index contributed by atoms with van der Waals surface area (Å²) in [7, 11) is 0. The van der Waals surface area contributed by atoms with Gasteiger partial charge in [0.25, 0.3) is 0 Å². The van der Waals surface area contributed by atoms with Gasteiger partial charge in [-0.05, 0) is 13.3 Å².